The lowest BCUT2D eigenvalue weighted by atomic mass is 10.0. The molecule has 27 heavy (non-hydrogen) atoms. The number of halogens is 3. The number of morpholine rings is 1. The lowest BCUT2D eigenvalue weighted by Crippen LogP contribution is -2.59. The molecule has 2 aliphatic heterocycles. The van der Waals surface area contributed by atoms with Gasteiger partial charge in [0.25, 0.3) is 0 Å². The van der Waals surface area contributed by atoms with E-state index in [1.54, 1.807) is 4.90 Å². The highest BCUT2D eigenvalue weighted by molar-refractivity contribution is 5.78. The summed E-state index contributed by atoms with van der Waals surface area (Å²) in [4.78, 5) is 16.1. The van der Waals surface area contributed by atoms with Gasteiger partial charge in [-0.1, -0.05) is 12.1 Å². The molecule has 1 spiro atoms. The van der Waals surface area contributed by atoms with E-state index in [2.05, 4.69) is 4.90 Å². The van der Waals surface area contributed by atoms with Crippen LogP contribution in [-0.2, 0) is 27.0 Å². The van der Waals surface area contributed by atoms with Crippen molar-refractivity contribution < 1.29 is 27.4 Å². The van der Waals surface area contributed by atoms with Gasteiger partial charge in [0.2, 0.25) is 5.91 Å². The van der Waals surface area contributed by atoms with Gasteiger partial charge in [0.1, 0.15) is 12.2 Å². The molecule has 0 radical (unpaired) electrons. The molecule has 2 heterocycles. The predicted octanol–water partition coefficient (Wildman–Crippen LogP) is 2.54. The average molecular weight is 386 g/mol. The van der Waals surface area contributed by atoms with Gasteiger partial charge in [-0.3, -0.25) is 9.69 Å². The average Bonchev–Trinajstić information content (AvgIpc) is 2.74. The molecule has 5 nitrogen and oxygen atoms in total. The van der Waals surface area contributed by atoms with E-state index in [1.165, 1.54) is 12.1 Å². The van der Waals surface area contributed by atoms with Crippen LogP contribution in [-0.4, -0.2) is 66.8 Å². The van der Waals surface area contributed by atoms with Crippen molar-refractivity contribution in [3.63, 3.8) is 0 Å². The molecule has 0 saturated carbocycles. The van der Waals surface area contributed by atoms with Gasteiger partial charge >= 0.3 is 6.18 Å². The summed E-state index contributed by atoms with van der Waals surface area (Å²) in [6.07, 6.45) is -4.33. The zero-order valence-corrected chi connectivity index (χ0v) is 15.6. The summed E-state index contributed by atoms with van der Waals surface area (Å²) in [5.41, 5.74) is -0.444. The maximum absolute atomic E-state index is 12.7. The molecule has 2 saturated heterocycles. The number of carbonyl (C=O) groups excluding carboxylic acids is 1. The summed E-state index contributed by atoms with van der Waals surface area (Å²) >= 11 is 0. The lowest BCUT2D eigenvalue weighted by molar-refractivity contribution is -0.147. The predicted molar refractivity (Wildman–Crippen MR) is 93.1 cm³/mol. The molecule has 1 atom stereocenters. The fourth-order valence-electron chi connectivity index (χ4n) is 3.62. The van der Waals surface area contributed by atoms with Crippen LogP contribution in [0.15, 0.2) is 24.3 Å². The Balaban J connectivity index is 1.69. The Labute approximate surface area is 157 Å². The number of rotatable bonds is 3. The first kappa shape index (κ1) is 20.1. The van der Waals surface area contributed by atoms with Gasteiger partial charge in [-0.25, -0.2) is 0 Å². The Bertz CT molecular complexity index is 663. The van der Waals surface area contributed by atoms with Crippen molar-refractivity contribution in [3.05, 3.63) is 35.4 Å². The van der Waals surface area contributed by atoms with Crippen LogP contribution in [0.5, 0.6) is 0 Å². The third kappa shape index (κ3) is 4.80. The maximum Gasteiger partial charge on any atom is 0.416 e. The van der Waals surface area contributed by atoms with Crippen LogP contribution < -0.4 is 0 Å². The van der Waals surface area contributed by atoms with Crippen molar-refractivity contribution in [1.82, 2.24) is 9.80 Å². The van der Waals surface area contributed by atoms with E-state index in [0.717, 1.165) is 17.7 Å². The summed E-state index contributed by atoms with van der Waals surface area (Å²) < 4.78 is 49.7. The van der Waals surface area contributed by atoms with Crippen molar-refractivity contribution in [2.24, 2.45) is 0 Å². The molecule has 8 heteroatoms. The molecule has 3 rings (SSSR count). The molecule has 2 aliphatic rings. The largest absolute Gasteiger partial charge is 0.416 e. The fourth-order valence-corrected chi connectivity index (χ4v) is 3.62. The van der Waals surface area contributed by atoms with E-state index in [9.17, 15) is 18.0 Å². The number of carbonyl (C=O) groups is 1. The van der Waals surface area contributed by atoms with Crippen LogP contribution in [0.3, 0.4) is 0 Å². The standard InChI is InChI=1S/C19H25F3N2O3/c1-14(2)24-12-18(13-26-10-17(24)25)11-23(7-8-27-18)9-15-3-5-16(6-4-15)19(20,21)22/h3-6,14H,7-13H2,1-2H3. The molecule has 0 aliphatic carbocycles. The van der Waals surface area contributed by atoms with Gasteiger partial charge in [-0.15, -0.1) is 0 Å². The Hall–Kier alpha value is -1.64. The number of alkyl halides is 3. The third-order valence-corrected chi connectivity index (χ3v) is 5.01. The zero-order valence-electron chi connectivity index (χ0n) is 15.6. The van der Waals surface area contributed by atoms with Crippen LogP contribution >= 0.6 is 0 Å². The Morgan fingerprint density at radius 3 is 2.52 bits per heavy atom. The maximum atomic E-state index is 12.7. The number of ether oxygens (including phenoxy) is 2. The first-order valence-corrected chi connectivity index (χ1v) is 9.08. The van der Waals surface area contributed by atoms with Gasteiger partial charge in [-0.05, 0) is 31.5 Å². The van der Waals surface area contributed by atoms with E-state index in [4.69, 9.17) is 9.47 Å². The molecule has 1 amide bonds. The number of nitrogens with zero attached hydrogens (tertiary/aromatic N) is 2. The molecular weight excluding hydrogens is 361 g/mol. The molecule has 0 aromatic heterocycles. The minimum Gasteiger partial charge on any atom is -0.369 e. The summed E-state index contributed by atoms with van der Waals surface area (Å²) in [6, 6.07) is 5.29. The van der Waals surface area contributed by atoms with Gasteiger partial charge < -0.3 is 14.4 Å². The van der Waals surface area contributed by atoms with E-state index in [1.807, 2.05) is 13.8 Å². The molecule has 2 fully saturated rings. The molecule has 0 bridgehead atoms. The summed E-state index contributed by atoms with van der Waals surface area (Å²) in [5, 5.41) is 0. The zero-order chi connectivity index (χ0) is 19.7. The molecular formula is C19H25F3N2O3. The van der Waals surface area contributed by atoms with Crippen LogP contribution in [0.25, 0.3) is 0 Å². The van der Waals surface area contributed by atoms with E-state index in [-0.39, 0.29) is 18.6 Å². The molecule has 0 N–H and O–H groups in total. The summed E-state index contributed by atoms with van der Waals surface area (Å²) in [6.45, 7) is 6.99. The molecule has 1 aromatic rings. The number of amides is 1. The fraction of sp³-hybridized carbons (Fsp3) is 0.632. The lowest BCUT2D eigenvalue weighted by Gasteiger charge is -2.44. The Kier molecular flexibility index (Phi) is 5.79. The van der Waals surface area contributed by atoms with Crippen molar-refractivity contribution in [3.8, 4) is 0 Å². The second-order valence-electron chi connectivity index (χ2n) is 7.54. The van der Waals surface area contributed by atoms with Crippen LogP contribution in [0.4, 0.5) is 13.2 Å². The minimum atomic E-state index is -4.33. The van der Waals surface area contributed by atoms with Gasteiger partial charge in [0.15, 0.2) is 0 Å². The normalized spacial score (nSPS) is 25.3. The minimum absolute atomic E-state index is 0.0438. The van der Waals surface area contributed by atoms with Crippen molar-refractivity contribution in [1.29, 1.82) is 0 Å². The van der Waals surface area contributed by atoms with E-state index in [0.29, 0.717) is 39.4 Å². The first-order chi connectivity index (χ1) is 12.7. The van der Waals surface area contributed by atoms with Crippen LogP contribution in [0, 0.1) is 0 Å². The van der Waals surface area contributed by atoms with Crippen molar-refractivity contribution in [2.75, 3.05) is 39.5 Å². The second kappa shape index (κ2) is 7.77. The quantitative estimate of drug-likeness (QED) is 0.801. The highest BCUT2D eigenvalue weighted by atomic mass is 19.4. The van der Waals surface area contributed by atoms with Gasteiger partial charge in [0, 0.05) is 25.7 Å². The number of hydrogen-bond donors (Lipinski definition) is 0. The summed E-state index contributed by atoms with van der Waals surface area (Å²) in [5.74, 6) is -0.0506. The second-order valence-corrected chi connectivity index (χ2v) is 7.54. The van der Waals surface area contributed by atoms with E-state index < -0.39 is 17.3 Å². The SMILES string of the molecule is CC(C)N1CC2(COCC1=O)CN(Cc1ccc(C(F)(F)F)cc1)CCO2. The first-order valence-electron chi connectivity index (χ1n) is 9.08. The molecule has 150 valence electrons. The third-order valence-electron chi connectivity index (χ3n) is 5.01. The van der Waals surface area contributed by atoms with E-state index >= 15 is 0 Å². The Morgan fingerprint density at radius 1 is 1.19 bits per heavy atom. The summed E-state index contributed by atoms with van der Waals surface area (Å²) in [7, 11) is 0. The molecule has 1 unspecified atom stereocenters. The monoisotopic (exact) mass is 386 g/mol. The van der Waals surface area contributed by atoms with Crippen molar-refractivity contribution in [2.45, 2.75) is 38.2 Å². The number of benzene rings is 1. The van der Waals surface area contributed by atoms with Gasteiger partial charge in [-0.2, -0.15) is 13.2 Å². The number of hydrogen-bond acceptors (Lipinski definition) is 4. The van der Waals surface area contributed by atoms with Crippen LogP contribution in [0.2, 0.25) is 0 Å². The topological polar surface area (TPSA) is 42.0 Å². The van der Waals surface area contributed by atoms with Crippen LogP contribution in [0.1, 0.15) is 25.0 Å². The van der Waals surface area contributed by atoms with Crippen molar-refractivity contribution >= 4 is 5.91 Å². The highest BCUT2D eigenvalue weighted by Gasteiger charge is 2.42. The smallest absolute Gasteiger partial charge is 0.369 e. The van der Waals surface area contributed by atoms with Gasteiger partial charge in [0.05, 0.1) is 25.3 Å². The highest BCUT2D eigenvalue weighted by Crippen LogP contribution is 2.30. The Morgan fingerprint density at radius 2 is 1.89 bits per heavy atom. The molecule has 1 aromatic carbocycles.